The summed E-state index contributed by atoms with van der Waals surface area (Å²) in [5.41, 5.74) is -0.832. The Morgan fingerprint density at radius 2 is 2.12 bits per heavy atom. The predicted molar refractivity (Wildman–Crippen MR) is 68.0 cm³/mol. The van der Waals surface area contributed by atoms with E-state index in [9.17, 15) is 10.2 Å². The van der Waals surface area contributed by atoms with E-state index in [-0.39, 0.29) is 12.0 Å². The fourth-order valence-electron chi connectivity index (χ4n) is 2.51. The van der Waals surface area contributed by atoms with Crippen LogP contribution in [0.3, 0.4) is 0 Å². The first-order valence-corrected chi connectivity index (χ1v) is 6.54. The van der Waals surface area contributed by atoms with Gasteiger partial charge in [-0.25, -0.2) is 0 Å². The molecule has 17 heavy (non-hydrogen) atoms. The lowest BCUT2D eigenvalue weighted by atomic mass is 9.82. The zero-order valence-electron chi connectivity index (χ0n) is 11.4. The zero-order chi connectivity index (χ0) is 12.9. The van der Waals surface area contributed by atoms with Crippen LogP contribution in [0.2, 0.25) is 0 Å². The van der Waals surface area contributed by atoms with E-state index in [2.05, 4.69) is 11.8 Å². The number of aliphatic hydroxyl groups is 2. The largest absolute Gasteiger partial charge is 0.396 e. The molecule has 4 nitrogen and oxygen atoms in total. The summed E-state index contributed by atoms with van der Waals surface area (Å²) in [6.45, 7) is 9.62. The van der Waals surface area contributed by atoms with E-state index in [1.165, 1.54) is 0 Å². The van der Waals surface area contributed by atoms with Crippen LogP contribution >= 0.6 is 0 Å². The smallest absolute Gasteiger partial charge is 0.0718 e. The highest BCUT2D eigenvalue weighted by Gasteiger charge is 2.34. The SMILES string of the molecule is CCN(CC(C)(C)O)CC1(CO)CCCOC1. The molecule has 102 valence electrons. The monoisotopic (exact) mass is 245 g/mol. The van der Waals surface area contributed by atoms with Crippen LogP contribution in [0.4, 0.5) is 0 Å². The maximum absolute atomic E-state index is 9.87. The summed E-state index contributed by atoms with van der Waals surface area (Å²) < 4.78 is 5.50. The fourth-order valence-corrected chi connectivity index (χ4v) is 2.51. The van der Waals surface area contributed by atoms with Gasteiger partial charge in [-0.05, 0) is 33.2 Å². The molecule has 0 spiro atoms. The van der Waals surface area contributed by atoms with Crippen LogP contribution in [0.15, 0.2) is 0 Å². The predicted octanol–water partition coefficient (Wildman–Crippen LogP) is 0.868. The van der Waals surface area contributed by atoms with Gasteiger partial charge in [-0.1, -0.05) is 6.92 Å². The van der Waals surface area contributed by atoms with Gasteiger partial charge < -0.3 is 19.8 Å². The molecule has 1 aliphatic rings. The summed E-state index contributed by atoms with van der Waals surface area (Å²) in [4.78, 5) is 2.20. The quantitative estimate of drug-likeness (QED) is 0.729. The summed E-state index contributed by atoms with van der Waals surface area (Å²) in [5.74, 6) is 0. The lowest BCUT2D eigenvalue weighted by molar-refractivity contribution is -0.0646. The Bertz CT molecular complexity index is 219. The van der Waals surface area contributed by atoms with Gasteiger partial charge in [0.1, 0.15) is 0 Å². The lowest BCUT2D eigenvalue weighted by Crippen LogP contribution is -2.49. The van der Waals surface area contributed by atoms with Gasteiger partial charge in [-0.3, -0.25) is 0 Å². The molecule has 0 saturated carbocycles. The second kappa shape index (κ2) is 6.14. The summed E-state index contributed by atoms with van der Waals surface area (Å²) >= 11 is 0. The van der Waals surface area contributed by atoms with Crippen molar-refractivity contribution in [1.82, 2.24) is 4.90 Å². The van der Waals surface area contributed by atoms with Crippen molar-refractivity contribution in [2.75, 3.05) is 39.5 Å². The number of hydrogen-bond acceptors (Lipinski definition) is 4. The van der Waals surface area contributed by atoms with Crippen LogP contribution in [-0.2, 0) is 4.74 Å². The van der Waals surface area contributed by atoms with Crippen molar-refractivity contribution < 1.29 is 14.9 Å². The van der Waals surface area contributed by atoms with Gasteiger partial charge in [0.25, 0.3) is 0 Å². The Labute approximate surface area is 105 Å². The average molecular weight is 245 g/mol. The first-order chi connectivity index (χ1) is 7.91. The topological polar surface area (TPSA) is 52.9 Å². The Kier molecular flexibility index (Phi) is 5.38. The minimum Gasteiger partial charge on any atom is -0.396 e. The molecule has 0 aliphatic carbocycles. The van der Waals surface area contributed by atoms with E-state index in [0.717, 1.165) is 32.5 Å². The molecule has 0 aromatic rings. The molecule has 0 amide bonds. The minimum absolute atomic E-state index is 0.139. The summed E-state index contributed by atoms with van der Waals surface area (Å²) in [7, 11) is 0. The van der Waals surface area contributed by atoms with Crippen LogP contribution in [-0.4, -0.2) is 60.2 Å². The Balaban J connectivity index is 2.58. The van der Waals surface area contributed by atoms with Crippen molar-refractivity contribution in [3.05, 3.63) is 0 Å². The van der Waals surface area contributed by atoms with Crippen molar-refractivity contribution in [2.45, 2.75) is 39.2 Å². The third-order valence-electron chi connectivity index (χ3n) is 3.36. The minimum atomic E-state index is -0.692. The molecule has 1 saturated heterocycles. The second-order valence-electron chi connectivity index (χ2n) is 5.93. The van der Waals surface area contributed by atoms with E-state index in [1.54, 1.807) is 0 Å². The number of rotatable bonds is 6. The van der Waals surface area contributed by atoms with Crippen molar-refractivity contribution in [3.63, 3.8) is 0 Å². The van der Waals surface area contributed by atoms with Gasteiger partial charge in [0.2, 0.25) is 0 Å². The highest BCUT2D eigenvalue weighted by molar-refractivity contribution is 4.86. The molecule has 1 aliphatic heterocycles. The molecule has 1 heterocycles. The van der Waals surface area contributed by atoms with Crippen LogP contribution in [0, 0.1) is 5.41 Å². The van der Waals surface area contributed by atoms with Gasteiger partial charge in [0.15, 0.2) is 0 Å². The first kappa shape index (κ1) is 14.9. The standard InChI is InChI=1S/C13H27NO3/c1-4-14(8-12(2,3)16)9-13(10-15)6-5-7-17-11-13/h15-16H,4-11H2,1-3H3. The summed E-state index contributed by atoms with van der Waals surface area (Å²) in [6, 6.07) is 0. The van der Waals surface area contributed by atoms with E-state index >= 15 is 0 Å². The van der Waals surface area contributed by atoms with Crippen LogP contribution < -0.4 is 0 Å². The highest BCUT2D eigenvalue weighted by atomic mass is 16.5. The molecule has 2 N–H and O–H groups in total. The maximum Gasteiger partial charge on any atom is 0.0718 e. The number of nitrogens with zero attached hydrogens (tertiary/aromatic N) is 1. The second-order valence-corrected chi connectivity index (χ2v) is 5.93. The first-order valence-electron chi connectivity index (χ1n) is 6.54. The molecule has 1 fully saturated rings. The van der Waals surface area contributed by atoms with E-state index in [4.69, 9.17) is 4.74 Å². The van der Waals surface area contributed by atoms with Crippen molar-refractivity contribution in [1.29, 1.82) is 0 Å². The van der Waals surface area contributed by atoms with Crippen molar-refractivity contribution in [3.8, 4) is 0 Å². The molecule has 0 aromatic heterocycles. The third kappa shape index (κ3) is 4.92. The van der Waals surface area contributed by atoms with Crippen LogP contribution in [0.25, 0.3) is 0 Å². The molecule has 1 atom stereocenters. The number of ether oxygens (including phenoxy) is 1. The van der Waals surface area contributed by atoms with E-state index < -0.39 is 5.60 Å². The molecule has 0 aromatic carbocycles. The average Bonchev–Trinajstić information content (AvgIpc) is 2.27. The van der Waals surface area contributed by atoms with Crippen molar-refractivity contribution in [2.24, 2.45) is 5.41 Å². The molecule has 1 rings (SSSR count). The van der Waals surface area contributed by atoms with Gasteiger partial charge >= 0.3 is 0 Å². The number of hydrogen-bond donors (Lipinski definition) is 2. The number of likely N-dealkylation sites (N-methyl/N-ethyl adjacent to an activating group) is 1. The summed E-state index contributed by atoms with van der Waals surface area (Å²) in [6.07, 6.45) is 2.02. The van der Waals surface area contributed by atoms with Crippen molar-refractivity contribution >= 4 is 0 Å². The van der Waals surface area contributed by atoms with Crippen LogP contribution in [0.1, 0.15) is 33.6 Å². The van der Waals surface area contributed by atoms with Gasteiger partial charge in [-0.15, -0.1) is 0 Å². The zero-order valence-corrected chi connectivity index (χ0v) is 11.4. The fraction of sp³-hybridized carbons (Fsp3) is 1.00. The molecular weight excluding hydrogens is 218 g/mol. The van der Waals surface area contributed by atoms with E-state index in [0.29, 0.717) is 13.2 Å². The molecular formula is C13H27NO3. The Morgan fingerprint density at radius 3 is 2.53 bits per heavy atom. The molecule has 0 bridgehead atoms. The van der Waals surface area contributed by atoms with Gasteiger partial charge in [-0.2, -0.15) is 0 Å². The van der Waals surface area contributed by atoms with Crippen LogP contribution in [0.5, 0.6) is 0 Å². The lowest BCUT2D eigenvalue weighted by Gasteiger charge is -2.40. The van der Waals surface area contributed by atoms with Gasteiger partial charge in [0.05, 0.1) is 18.8 Å². The van der Waals surface area contributed by atoms with Gasteiger partial charge in [0, 0.05) is 25.1 Å². The molecule has 4 heteroatoms. The third-order valence-corrected chi connectivity index (χ3v) is 3.36. The maximum atomic E-state index is 9.87. The molecule has 0 radical (unpaired) electrons. The Morgan fingerprint density at radius 1 is 1.41 bits per heavy atom. The van der Waals surface area contributed by atoms with E-state index in [1.807, 2.05) is 13.8 Å². The summed E-state index contributed by atoms with van der Waals surface area (Å²) in [5, 5.41) is 19.5. The highest BCUT2D eigenvalue weighted by Crippen LogP contribution is 2.29. The normalized spacial score (nSPS) is 26.5. The molecule has 1 unspecified atom stereocenters. The number of aliphatic hydroxyl groups excluding tert-OH is 1. The Hall–Kier alpha value is -0.160.